The topological polar surface area (TPSA) is 0 Å². The van der Waals surface area contributed by atoms with E-state index in [0.717, 1.165) is 25.7 Å². The molecular formula is C22H36ClI. The van der Waals surface area contributed by atoms with E-state index in [-0.39, 0.29) is 5.38 Å². The molecule has 0 aliphatic carbocycles. The van der Waals surface area contributed by atoms with Crippen LogP contribution in [0.2, 0.25) is 0 Å². The van der Waals surface area contributed by atoms with Gasteiger partial charge in [-0.15, -0.1) is 11.6 Å². The first-order valence-electron chi connectivity index (χ1n) is 9.17. The molecule has 0 fully saturated rings. The van der Waals surface area contributed by atoms with E-state index in [9.17, 15) is 0 Å². The van der Waals surface area contributed by atoms with Crippen molar-refractivity contribution in [1.29, 1.82) is 0 Å². The maximum atomic E-state index is 6.49. The van der Waals surface area contributed by atoms with Crippen molar-refractivity contribution in [3.8, 4) is 0 Å². The summed E-state index contributed by atoms with van der Waals surface area (Å²) in [4.78, 5) is 0. The van der Waals surface area contributed by atoms with Gasteiger partial charge < -0.3 is 0 Å². The maximum absolute atomic E-state index is 6.49. The van der Waals surface area contributed by atoms with Crippen LogP contribution in [0.3, 0.4) is 0 Å². The number of halogens is 2. The molecule has 24 heavy (non-hydrogen) atoms. The molecule has 0 N–H and O–H groups in total. The van der Waals surface area contributed by atoms with Crippen molar-refractivity contribution >= 4 is 34.2 Å². The third-order valence-electron chi connectivity index (χ3n) is 3.94. The zero-order valence-electron chi connectivity index (χ0n) is 16.3. The van der Waals surface area contributed by atoms with E-state index in [0.29, 0.717) is 0 Å². The van der Waals surface area contributed by atoms with E-state index >= 15 is 0 Å². The minimum Gasteiger partial charge on any atom is -0.118 e. The molecule has 0 saturated carbocycles. The molecule has 0 aliphatic heterocycles. The van der Waals surface area contributed by atoms with Crippen molar-refractivity contribution in [3.05, 3.63) is 46.6 Å². The summed E-state index contributed by atoms with van der Waals surface area (Å²) < 4.78 is 1.25. The van der Waals surface area contributed by atoms with Crippen LogP contribution >= 0.6 is 34.2 Å². The fraction of sp³-hybridized carbons (Fsp3) is 0.636. The van der Waals surface area contributed by atoms with E-state index in [1.165, 1.54) is 46.0 Å². The quantitative estimate of drug-likeness (QED) is 0.118. The molecule has 0 heterocycles. The van der Waals surface area contributed by atoms with Gasteiger partial charge in [-0.05, 0) is 84.0 Å². The van der Waals surface area contributed by atoms with Gasteiger partial charge in [0.05, 0.1) is 5.38 Å². The number of hydrogen-bond acceptors (Lipinski definition) is 0. The van der Waals surface area contributed by atoms with Gasteiger partial charge in [-0.2, -0.15) is 0 Å². The lowest BCUT2D eigenvalue weighted by Crippen LogP contribution is -1.96. The van der Waals surface area contributed by atoms with Crippen LogP contribution in [0.4, 0.5) is 0 Å². The molecule has 0 aliphatic rings. The van der Waals surface area contributed by atoms with Crippen molar-refractivity contribution in [2.24, 2.45) is 0 Å². The Morgan fingerprint density at radius 1 is 0.833 bits per heavy atom. The summed E-state index contributed by atoms with van der Waals surface area (Å²) in [5.74, 6) is 0. The maximum Gasteiger partial charge on any atom is 0.0555 e. The molecule has 0 aromatic carbocycles. The van der Waals surface area contributed by atoms with Crippen molar-refractivity contribution in [3.63, 3.8) is 0 Å². The number of unbranched alkanes of at least 4 members (excludes halogenated alkanes) is 1. The fourth-order valence-corrected chi connectivity index (χ4v) is 3.40. The molecule has 0 radical (unpaired) electrons. The van der Waals surface area contributed by atoms with Crippen molar-refractivity contribution in [2.45, 2.75) is 84.9 Å². The first kappa shape index (κ1) is 24.0. The molecule has 0 amide bonds. The Morgan fingerprint density at radius 3 is 2.04 bits per heavy atom. The number of rotatable bonds is 12. The average molecular weight is 463 g/mol. The van der Waals surface area contributed by atoms with Gasteiger partial charge >= 0.3 is 0 Å². The zero-order chi connectivity index (χ0) is 18.4. The minimum absolute atomic E-state index is 0.119. The highest BCUT2D eigenvalue weighted by Crippen LogP contribution is 2.18. The standard InChI is InChI=1S/C22H36ClI/c1-18(2)10-8-13-20(4)16-22(23)17-21(5)14-9-12-19(3)11-6-7-15-24/h10-11,14,16,22H,6-9,12-13,15,17H2,1-5H3. The summed E-state index contributed by atoms with van der Waals surface area (Å²) in [6, 6.07) is 0. The molecular weight excluding hydrogens is 427 g/mol. The Morgan fingerprint density at radius 2 is 1.42 bits per heavy atom. The van der Waals surface area contributed by atoms with Crippen LogP contribution in [0.15, 0.2) is 46.6 Å². The first-order valence-corrected chi connectivity index (χ1v) is 11.1. The SMILES string of the molecule is CC(C)=CCCC(C)=CC(Cl)CC(C)=CCCC(C)=CCCCI. The summed E-state index contributed by atoms with van der Waals surface area (Å²) >= 11 is 8.94. The lowest BCUT2D eigenvalue weighted by molar-refractivity contribution is 0.894. The molecule has 0 rings (SSSR count). The summed E-state index contributed by atoms with van der Waals surface area (Å²) in [6.07, 6.45) is 17.3. The van der Waals surface area contributed by atoms with Gasteiger partial charge in [-0.25, -0.2) is 0 Å². The van der Waals surface area contributed by atoms with Crippen LogP contribution in [-0.2, 0) is 0 Å². The predicted octanol–water partition coefficient (Wildman–Crippen LogP) is 8.56. The molecule has 0 saturated heterocycles. The molecule has 0 spiro atoms. The normalized spacial score (nSPS) is 14.7. The number of allylic oxidation sites excluding steroid dienone is 8. The van der Waals surface area contributed by atoms with Crippen LogP contribution in [0.25, 0.3) is 0 Å². The predicted molar refractivity (Wildman–Crippen MR) is 122 cm³/mol. The minimum atomic E-state index is 0.119. The monoisotopic (exact) mass is 462 g/mol. The molecule has 2 heteroatoms. The molecule has 138 valence electrons. The molecule has 1 unspecified atom stereocenters. The lowest BCUT2D eigenvalue weighted by atomic mass is 10.0. The van der Waals surface area contributed by atoms with E-state index in [4.69, 9.17) is 11.6 Å². The second kappa shape index (κ2) is 15.3. The Hall–Kier alpha value is -0.0200. The molecule has 0 nitrogen and oxygen atoms in total. The summed E-state index contributed by atoms with van der Waals surface area (Å²) in [5.41, 5.74) is 5.71. The van der Waals surface area contributed by atoms with Gasteiger partial charge in [0.15, 0.2) is 0 Å². The zero-order valence-corrected chi connectivity index (χ0v) is 19.2. The van der Waals surface area contributed by atoms with Crippen LogP contribution in [0.5, 0.6) is 0 Å². The van der Waals surface area contributed by atoms with Crippen LogP contribution < -0.4 is 0 Å². The second-order valence-corrected chi connectivity index (χ2v) is 8.66. The van der Waals surface area contributed by atoms with Gasteiger partial charge in [-0.1, -0.05) is 69.2 Å². The lowest BCUT2D eigenvalue weighted by Gasteiger charge is -2.08. The first-order chi connectivity index (χ1) is 11.3. The highest BCUT2D eigenvalue weighted by molar-refractivity contribution is 14.1. The average Bonchev–Trinajstić information content (AvgIpc) is 2.46. The molecule has 0 aromatic rings. The number of alkyl halides is 2. The summed E-state index contributed by atoms with van der Waals surface area (Å²) in [5, 5.41) is 0.119. The van der Waals surface area contributed by atoms with E-state index in [1.54, 1.807) is 0 Å². The Balaban J connectivity index is 4.17. The molecule has 1 atom stereocenters. The smallest absolute Gasteiger partial charge is 0.0555 e. The van der Waals surface area contributed by atoms with Crippen molar-refractivity contribution < 1.29 is 0 Å². The van der Waals surface area contributed by atoms with E-state index in [2.05, 4.69) is 81.5 Å². The Labute approximate surface area is 169 Å². The van der Waals surface area contributed by atoms with E-state index < -0.39 is 0 Å². The van der Waals surface area contributed by atoms with Gasteiger partial charge in [0.25, 0.3) is 0 Å². The molecule has 0 bridgehead atoms. The summed E-state index contributed by atoms with van der Waals surface area (Å²) in [7, 11) is 0. The highest BCUT2D eigenvalue weighted by Gasteiger charge is 2.03. The van der Waals surface area contributed by atoms with Gasteiger partial charge in [-0.3, -0.25) is 0 Å². The fourth-order valence-electron chi connectivity index (χ4n) is 2.50. The van der Waals surface area contributed by atoms with Crippen LogP contribution in [-0.4, -0.2) is 9.80 Å². The largest absolute Gasteiger partial charge is 0.118 e. The van der Waals surface area contributed by atoms with Crippen LogP contribution in [0, 0.1) is 0 Å². The Kier molecular flexibility index (Phi) is 15.2. The van der Waals surface area contributed by atoms with Crippen molar-refractivity contribution in [1.82, 2.24) is 0 Å². The second-order valence-electron chi connectivity index (χ2n) is 7.02. The van der Waals surface area contributed by atoms with Gasteiger partial charge in [0, 0.05) is 0 Å². The Bertz CT molecular complexity index is 451. The third-order valence-corrected chi connectivity index (χ3v) is 4.98. The third kappa shape index (κ3) is 15.5. The van der Waals surface area contributed by atoms with Gasteiger partial charge in [0.2, 0.25) is 0 Å². The van der Waals surface area contributed by atoms with Crippen molar-refractivity contribution in [2.75, 3.05) is 4.43 Å². The van der Waals surface area contributed by atoms with E-state index in [1.807, 2.05) is 0 Å². The molecule has 0 aromatic heterocycles. The van der Waals surface area contributed by atoms with Crippen LogP contribution in [0.1, 0.15) is 79.6 Å². The highest BCUT2D eigenvalue weighted by atomic mass is 127. The van der Waals surface area contributed by atoms with Gasteiger partial charge in [0.1, 0.15) is 0 Å². The summed E-state index contributed by atoms with van der Waals surface area (Å²) in [6.45, 7) is 10.9. The number of hydrogen-bond donors (Lipinski definition) is 0.